The molecular weight excluding hydrogens is 270 g/mol. The lowest BCUT2D eigenvalue weighted by Gasteiger charge is -2.26. The minimum Gasteiger partial charge on any atom is -0.465 e. The zero-order valence-electron chi connectivity index (χ0n) is 12.3. The molecule has 0 amide bonds. The molecule has 1 atom stereocenters. The first-order valence-corrected chi connectivity index (χ1v) is 7.39. The summed E-state index contributed by atoms with van der Waals surface area (Å²) in [6.07, 6.45) is 0. The first-order valence-electron chi connectivity index (χ1n) is 7.39. The van der Waals surface area contributed by atoms with E-state index in [0.717, 1.165) is 13.1 Å². The van der Waals surface area contributed by atoms with E-state index in [2.05, 4.69) is 0 Å². The van der Waals surface area contributed by atoms with E-state index < -0.39 is 11.9 Å². The molecule has 1 unspecified atom stereocenters. The number of quaternary nitrogens is 1. The maximum absolute atomic E-state index is 12.6. The molecule has 0 saturated carbocycles. The number of carbonyl (C=O) groups is 2. The minimum atomic E-state index is -0.736. The van der Waals surface area contributed by atoms with Crippen LogP contribution in [0.4, 0.5) is 0 Å². The Bertz CT molecular complexity index is 468. The fourth-order valence-corrected chi connectivity index (χ4v) is 2.48. The summed E-state index contributed by atoms with van der Waals surface area (Å²) in [6.45, 7) is 5.49. The number of benzene rings is 1. The summed E-state index contributed by atoms with van der Waals surface area (Å²) >= 11 is 0. The molecule has 5 nitrogen and oxygen atoms in total. The van der Waals surface area contributed by atoms with Crippen LogP contribution in [0.5, 0.6) is 0 Å². The molecule has 1 fully saturated rings. The van der Waals surface area contributed by atoms with Crippen molar-refractivity contribution >= 4 is 11.8 Å². The molecule has 0 aliphatic carbocycles. The van der Waals surface area contributed by atoms with Crippen molar-refractivity contribution in [2.45, 2.75) is 6.92 Å². The molecule has 0 bridgehead atoms. The van der Waals surface area contributed by atoms with Crippen LogP contribution in [0.1, 0.15) is 17.3 Å². The SMILES string of the molecule is CCOC(=O)C(C[NH+]1CCOCC1)C(=O)c1ccccc1. The molecule has 2 rings (SSSR count). The van der Waals surface area contributed by atoms with Gasteiger partial charge in [-0.3, -0.25) is 9.59 Å². The second kappa shape index (κ2) is 7.90. The highest BCUT2D eigenvalue weighted by atomic mass is 16.5. The molecule has 114 valence electrons. The van der Waals surface area contributed by atoms with Crippen molar-refractivity contribution in [3.8, 4) is 0 Å². The normalized spacial score (nSPS) is 17.2. The molecule has 0 aromatic heterocycles. The molecule has 1 N–H and O–H groups in total. The van der Waals surface area contributed by atoms with Crippen molar-refractivity contribution in [1.82, 2.24) is 0 Å². The largest absolute Gasteiger partial charge is 0.465 e. The van der Waals surface area contributed by atoms with Crippen LogP contribution >= 0.6 is 0 Å². The van der Waals surface area contributed by atoms with Crippen molar-refractivity contribution in [2.75, 3.05) is 39.5 Å². The lowest BCUT2D eigenvalue weighted by atomic mass is 9.97. The van der Waals surface area contributed by atoms with E-state index >= 15 is 0 Å². The van der Waals surface area contributed by atoms with E-state index in [1.54, 1.807) is 31.2 Å². The minimum absolute atomic E-state index is 0.159. The summed E-state index contributed by atoms with van der Waals surface area (Å²) in [7, 11) is 0. The summed E-state index contributed by atoms with van der Waals surface area (Å²) < 4.78 is 10.4. The predicted octanol–water partition coefficient (Wildman–Crippen LogP) is -0.0363. The van der Waals surface area contributed by atoms with Gasteiger partial charge >= 0.3 is 5.97 Å². The van der Waals surface area contributed by atoms with Gasteiger partial charge in [-0.1, -0.05) is 30.3 Å². The number of hydrogen-bond acceptors (Lipinski definition) is 4. The number of ketones is 1. The maximum atomic E-state index is 12.6. The average Bonchev–Trinajstić information content (AvgIpc) is 2.54. The van der Waals surface area contributed by atoms with Crippen LogP contribution in [0, 0.1) is 5.92 Å². The van der Waals surface area contributed by atoms with E-state index in [-0.39, 0.29) is 12.4 Å². The van der Waals surface area contributed by atoms with Gasteiger partial charge in [0.15, 0.2) is 11.7 Å². The van der Waals surface area contributed by atoms with E-state index in [1.807, 2.05) is 6.07 Å². The molecule has 1 aliphatic rings. The van der Waals surface area contributed by atoms with Crippen LogP contribution in [0.25, 0.3) is 0 Å². The standard InChI is InChI=1S/C16H21NO4/c1-2-21-16(19)14(12-17-8-10-20-11-9-17)15(18)13-6-4-3-5-7-13/h3-7,14H,2,8-12H2,1H3/p+1. The summed E-state index contributed by atoms with van der Waals surface area (Å²) in [5, 5.41) is 0. The summed E-state index contributed by atoms with van der Waals surface area (Å²) in [6, 6.07) is 8.93. The number of nitrogens with one attached hydrogen (secondary N) is 1. The topological polar surface area (TPSA) is 57.0 Å². The van der Waals surface area contributed by atoms with Gasteiger partial charge in [-0.25, -0.2) is 0 Å². The molecule has 1 saturated heterocycles. The molecule has 0 radical (unpaired) electrons. The highest BCUT2D eigenvalue weighted by molar-refractivity contribution is 6.08. The molecule has 1 aromatic rings. The number of hydrogen-bond donors (Lipinski definition) is 1. The second-order valence-electron chi connectivity index (χ2n) is 5.10. The molecule has 21 heavy (non-hydrogen) atoms. The Morgan fingerprint density at radius 2 is 1.90 bits per heavy atom. The Hall–Kier alpha value is -1.72. The Morgan fingerprint density at radius 3 is 2.52 bits per heavy atom. The number of esters is 1. The Labute approximate surface area is 124 Å². The summed E-state index contributed by atoms with van der Waals surface area (Å²) in [5.74, 6) is -1.32. The number of Topliss-reactive ketones (excluding diaryl/α,β-unsaturated/α-hetero) is 1. The summed E-state index contributed by atoms with van der Waals surface area (Å²) in [5.41, 5.74) is 0.559. The van der Waals surface area contributed by atoms with Crippen LogP contribution in [-0.4, -0.2) is 51.2 Å². The predicted molar refractivity (Wildman–Crippen MR) is 77.3 cm³/mol. The van der Waals surface area contributed by atoms with Crippen LogP contribution in [0.15, 0.2) is 30.3 Å². The van der Waals surface area contributed by atoms with Crippen LogP contribution < -0.4 is 4.90 Å². The van der Waals surface area contributed by atoms with Gasteiger partial charge < -0.3 is 14.4 Å². The zero-order chi connectivity index (χ0) is 15.1. The first-order chi connectivity index (χ1) is 10.2. The Morgan fingerprint density at radius 1 is 1.24 bits per heavy atom. The zero-order valence-corrected chi connectivity index (χ0v) is 12.3. The van der Waals surface area contributed by atoms with E-state index in [0.29, 0.717) is 25.3 Å². The lowest BCUT2D eigenvalue weighted by Crippen LogP contribution is -3.15. The third-order valence-electron chi connectivity index (χ3n) is 3.64. The highest BCUT2D eigenvalue weighted by Crippen LogP contribution is 2.10. The fraction of sp³-hybridized carbons (Fsp3) is 0.500. The van der Waals surface area contributed by atoms with Crippen LogP contribution in [0.2, 0.25) is 0 Å². The number of ether oxygens (including phenoxy) is 2. The molecule has 1 aromatic carbocycles. The smallest absolute Gasteiger partial charge is 0.322 e. The van der Waals surface area contributed by atoms with Crippen molar-refractivity contribution in [1.29, 1.82) is 0 Å². The Balaban J connectivity index is 2.11. The number of rotatable bonds is 6. The first kappa shape index (κ1) is 15.7. The maximum Gasteiger partial charge on any atom is 0.322 e. The highest BCUT2D eigenvalue weighted by Gasteiger charge is 2.33. The summed E-state index contributed by atoms with van der Waals surface area (Å²) in [4.78, 5) is 25.9. The third-order valence-corrected chi connectivity index (χ3v) is 3.64. The van der Waals surface area contributed by atoms with Gasteiger partial charge in [0.1, 0.15) is 13.1 Å². The van der Waals surface area contributed by atoms with Crippen molar-refractivity contribution in [3.63, 3.8) is 0 Å². The lowest BCUT2D eigenvalue weighted by molar-refractivity contribution is -0.909. The van der Waals surface area contributed by atoms with Gasteiger partial charge in [0.2, 0.25) is 0 Å². The van der Waals surface area contributed by atoms with E-state index in [1.165, 1.54) is 4.90 Å². The van der Waals surface area contributed by atoms with Gasteiger partial charge in [0.25, 0.3) is 0 Å². The monoisotopic (exact) mass is 292 g/mol. The van der Waals surface area contributed by atoms with Crippen molar-refractivity contribution in [2.24, 2.45) is 5.92 Å². The molecule has 5 heteroatoms. The van der Waals surface area contributed by atoms with Crippen LogP contribution in [0.3, 0.4) is 0 Å². The quantitative estimate of drug-likeness (QED) is 0.454. The third kappa shape index (κ3) is 4.37. The number of morpholine rings is 1. The van der Waals surface area contributed by atoms with Gasteiger partial charge in [0, 0.05) is 5.56 Å². The van der Waals surface area contributed by atoms with Gasteiger partial charge in [-0.15, -0.1) is 0 Å². The fourth-order valence-electron chi connectivity index (χ4n) is 2.48. The molecule has 1 heterocycles. The van der Waals surface area contributed by atoms with E-state index in [9.17, 15) is 9.59 Å². The number of carbonyl (C=O) groups excluding carboxylic acids is 2. The van der Waals surface area contributed by atoms with Gasteiger partial charge in [-0.2, -0.15) is 0 Å². The van der Waals surface area contributed by atoms with Crippen molar-refractivity contribution < 1.29 is 24.0 Å². The Kier molecular flexibility index (Phi) is 5.90. The van der Waals surface area contributed by atoms with Crippen molar-refractivity contribution in [3.05, 3.63) is 35.9 Å². The molecular formula is C16H22NO4+. The average molecular weight is 292 g/mol. The van der Waals surface area contributed by atoms with E-state index in [4.69, 9.17) is 9.47 Å². The molecule has 0 spiro atoms. The molecule has 1 aliphatic heterocycles. The van der Waals surface area contributed by atoms with Gasteiger partial charge in [-0.05, 0) is 6.92 Å². The second-order valence-corrected chi connectivity index (χ2v) is 5.10. The van der Waals surface area contributed by atoms with Crippen LogP contribution in [-0.2, 0) is 14.3 Å². The van der Waals surface area contributed by atoms with Gasteiger partial charge in [0.05, 0.1) is 26.4 Å².